The number of aliphatic hydroxyl groups is 1. The van der Waals surface area contributed by atoms with Gasteiger partial charge in [-0.25, -0.2) is 4.79 Å². The summed E-state index contributed by atoms with van der Waals surface area (Å²) in [6, 6.07) is 8.14. The normalized spacial score (nSPS) is 18.5. The number of rotatable bonds is 2. The Labute approximate surface area is 107 Å². The van der Waals surface area contributed by atoms with E-state index in [1.54, 1.807) is 0 Å². The lowest BCUT2D eigenvalue weighted by Crippen LogP contribution is -2.50. The van der Waals surface area contributed by atoms with Crippen LogP contribution in [0.3, 0.4) is 0 Å². The SMILES string of the molecule is COC(=O)C1(O)CCN(c2ccccc2C)CC1. The molecule has 1 aromatic carbocycles. The second-order valence-corrected chi connectivity index (χ2v) is 4.80. The Morgan fingerprint density at radius 3 is 2.50 bits per heavy atom. The van der Waals surface area contributed by atoms with Gasteiger partial charge in [0.25, 0.3) is 0 Å². The zero-order valence-electron chi connectivity index (χ0n) is 10.8. The second kappa shape index (κ2) is 4.98. The molecule has 0 bridgehead atoms. The predicted octanol–water partition coefficient (Wildman–Crippen LogP) is 1.50. The van der Waals surface area contributed by atoms with E-state index in [9.17, 15) is 9.90 Å². The van der Waals surface area contributed by atoms with Crippen molar-refractivity contribution in [3.63, 3.8) is 0 Å². The second-order valence-electron chi connectivity index (χ2n) is 4.80. The molecule has 1 saturated heterocycles. The molecule has 1 aliphatic rings. The summed E-state index contributed by atoms with van der Waals surface area (Å²) in [5.41, 5.74) is 1.07. The maximum atomic E-state index is 11.5. The number of anilines is 1. The molecule has 1 aromatic rings. The topological polar surface area (TPSA) is 49.8 Å². The molecule has 18 heavy (non-hydrogen) atoms. The van der Waals surface area contributed by atoms with Gasteiger partial charge >= 0.3 is 5.97 Å². The summed E-state index contributed by atoms with van der Waals surface area (Å²) in [5.74, 6) is -0.521. The van der Waals surface area contributed by atoms with E-state index in [4.69, 9.17) is 0 Å². The van der Waals surface area contributed by atoms with Crippen LogP contribution < -0.4 is 4.90 Å². The first-order valence-corrected chi connectivity index (χ1v) is 6.18. The van der Waals surface area contributed by atoms with Crippen molar-refractivity contribution >= 4 is 11.7 Å². The number of piperidine rings is 1. The van der Waals surface area contributed by atoms with Gasteiger partial charge in [-0.05, 0) is 18.6 Å². The Balaban J connectivity index is 2.07. The molecule has 0 saturated carbocycles. The Hall–Kier alpha value is -1.55. The van der Waals surface area contributed by atoms with E-state index in [-0.39, 0.29) is 0 Å². The Morgan fingerprint density at radius 1 is 1.33 bits per heavy atom. The molecule has 1 heterocycles. The van der Waals surface area contributed by atoms with Crippen molar-refractivity contribution in [1.29, 1.82) is 0 Å². The molecule has 2 rings (SSSR count). The van der Waals surface area contributed by atoms with E-state index in [1.165, 1.54) is 18.4 Å². The maximum absolute atomic E-state index is 11.5. The highest BCUT2D eigenvalue weighted by atomic mass is 16.5. The van der Waals surface area contributed by atoms with E-state index >= 15 is 0 Å². The third-order valence-electron chi connectivity index (χ3n) is 3.61. The van der Waals surface area contributed by atoms with Crippen LogP contribution in [-0.2, 0) is 9.53 Å². The van der Waals surface area contributed by atoms with Gasteiger partial charge < -0.3 is 14.7 Å². The number of benzene rings is 1. The lowest BCUT2D eigenvalue weighted by Gasteiger charge is -2.37. The van der Waals surface area contributed by atoms with Crippen LogP contribution in [0.1, 0.15) is 18.4 Å². The summed E-state index contributed by atoms with van der Waals surface area (Å²) in [6.45, 7) is 3.39. The number of nitrogens with zero attached hydrogens (tertiary/aromatic N) is 1. The molecule has 1 fully saturated rings. The number of hydrogen-bond donors (Lipinski definition) is 1. The zero-order chi connectivity index (χ0) is 13.2. The maximum Gasteiger partial charge on any atom is 0.337 e. The fourth-order valence-corrected chi connectivity index (χ4v) is 2.43. The van der Waals surface area contributed by atoms with Crippen LogP contribution in [0.25, 0.3) is 0 Å². The van der Waals surface area contributed by atoms with Crippen LogP contribution in [0.4, 0.5) is 5.69 Å². The van der Waals surface area contributed by atoms with Gasteiger partial charge in [-0.3, -0.25) is 0 Å². The number of aryl methyl sites for hydroxylation is 1. The molecule has 0 atom stereocenters. The molecule has 98 valence electrons. The van der Waals surface area contributed by atoms with Crippen LogP contribution in [0.15, 0.2) is 24.3 Å². The van der Waals surface area contributed by atoms with Gasteiger partial charge in [-0.1, -0.05) is 18.2 Å². The van der Waals surface area contributed by atoms with Gasteiger partial charge in [0.15, 0.2) is 5.60 Å². The Bertz CT molecular complexity index is 436. The van der Waals surface area contributed by atoms with Crippen molar-refractivity contribution in [1.82, 2.24) is 0 Å². The molecule has 0 radical (unpaired) electrons. The third-order valence-corrected chi connectivity index (χ3v) is 3.61. The van der Waals surface area contributed by atoms with Gasteiger partial charge in [0.05, 0.1) is 7.11 Å². The largest absolute Gasteiger partial charge is 0.467 e. The van der Waals surface area contributed by atoms with Crippen molar-refractivity contribution in [2.75, 3.05) is 25.1 Å². The van der Waals surface area contributed by atoms with E-state index in [2.05, 4.69) is 28.7 Å². The summed E-state index contributed by atoms with van der Waals surface area (Å²) in [7, 11) is 1.31. The first kappa shape index (κ1) is 12.9. The van der Waals surface area contributed by atoms with E-state index in [1.807, 2.05) is 12.1 Å². The van der Waals surface area contributed by atoms with Crippen molar-refractivity contribution in [3.8, 4) is 0 Å². The molecule has 0 amide bonds. The summed E-state index contributed by atoms with van der Waals surface area (Å²) < 4.78 is 4.65. The highest BCUT2D eigenvalue weighted by Crippen LogP contribution is 2.28. The van der Waals surface area contributed by atoms with E-state index in [0.29, 0.717) is 25.9 Å². The Kier molecular flexibility index (Phi) is 3.57. The zero-order valence-corrected chi connectivity index (χ0v) is 10.8. The number of carbonyl (C=O) groups is 1. The third kappa shape index (κ3) is 2.34. The standard InChI is InChI=1S/C14H19NO3/c1-11-5-3-4-6-12(11)15-9-7-14(17,8-10-15)13(16)18-2/h3-6,17H,7-10H2,1-2H3. The van der Waals surface area contributed by atoms with Crippen molar-refractivity contribution < 1.29 is 14.6 Å². The van der Waals surface area contributed by atoms with E-state index < -0.39 is 11.6 Å². The van der Waals surface area contributed by atoms with E-state index in [0.717, 1.165) is 0 Å². The van der Waals surface area contributed by atoms with Gasteiger partial charge in [0.2, 0.25) is 0 Å². The van der Waals surface area contributed by atoms with Gasteiger partial charge in [-0.15, -0.1) is 0 Å². The van der Waals surface area contributed by atoms with Crippen LogP contribution >= 0.6 is 0 Å². The number of para-hydroxylation sites is 1. The highest BCUT2D eigenvalue weighted by molar-refractivity contribution is 5.79. The van der Waals surface area contributed by atoms with Crippen molar-refractivity contribution in [2.45, 2.75) is 25.4 Å². The number of esters is 1. The van der Waals surface area contributed by atoms with Crippen molar-refractivity contribution in [3.05, 3.63) is 29.8 Å². The van der Waals surface area contributed by atoms with Crippen molar-refractivity contribution in [2.24, 2.45) is 0 Å². The summed E-state index contributed by atoms with van der Waals surface area (Å²) in [6.07, 6.45) is 0.821. The first-order chi connectivity index (χ1) is 8.57. The number of ether oxygens (including phenoxy) is 1. The predicted molar refractivity (Wildman–Crippen MR) is 69.6 cm³/mol. The molecule has 1 aliphatic heterocycles. The summed E-state index contributed by atoms with van der Waals surface area (Å²) >= 11 is 0. The molecule has 0 unspecified atom stereocenters. The van der Waals surface area contributed by atoms with Crippen LogP contribution in [-0.4, -0.2) is 36.9 Å². The first-order valence-electron chi connectivity index (χ1n) is 6.18. The van der Waals surface area contributed by atoms with Crippen LogP contribution in [0, 0.1) is 6.92 Å². The van der Waals surface area contributed by atoms with Crippen LogP contribution in [0.2, 0.25) is 0 Å². The van der Waals surface area contributed by atoms with Gasteiger partial charge in [0, 0.05) is 31.6 Å². The van der Waals surface area contributed by atoms with Crippen LogP contribution in [0.5, 0.6) is 0 Å². The lowest BCUT2D eigenvalue weighted by molar-refractivity contribution is -0.164. The average Bonchev–Trinajstić information content (AvgIpc) is 2.39. The minimum atomic E-state index is -1.31. The molecule has 0 aromatic heterocycles. The lowest BCUT2D eigenvalue weighted by atomic mass is 9.91. The summed E-state index contributed by atoms with van der Waals surface area (Å²) in [5, 5.41) is 10.2. The molecule has 0 spiro atoms. The fourth-order valence-electron chi connectivity index (χ4n) is 2.43. The number of hydrogen-bond acceptors (Lipinski definition) is 4. The average molecular weight is 249 g/mol. The van der Waals surface area contributed by atoms with Gasteiger partial charge in [0.1, 0.15) is 0 Å². The highest BCUT2D eigenvalue weighted by Gasteiger charge is 2.40. The quantitative estimate of drug-likeness (QED) is 0.807. The molecular formula is C14H19NO3. The molecule has 1 N–H and O–H groups in total. The molecule has 4 heteroatoms. The summed E-state index contributed by atoms with van der Waals surface area (Å²) in [4.78, 5) is 13.7. The molecule has 4 nitrogen and oxygen atoms in total. The minimum absolute atomic E-state index is 0.411. The number of methoxy groups -OCH3 is 1. The minimum Gasteiger partial charge on any atom is -0.467 e. The number of carbonyl (C=O) groups excluding carboxylic acids is 1. The molecule has 0 aliphatic carbocycles. The Morgan fingerprint density at radius 2 is 1.94 bits per heavy atom. The monoisotopic (exact) mass is 249 g/mol. The smallest absolute Gasteiger partial charge is 0.337 e. The van der Waals surface area contributed by atoms with Gasteiger partial charge in [-0.2, -0.15) is 0 Å². The fraction of sp³-hybridized carbons (Fsp3) is 0.500. The molecular weight excluding hydrogens is 230 g/mol.